The molecule has 11 aromatic rings. The molecule has 0 saturated carbocycles. The standard InChI is InChI=1S/C71H57N3/c1-50-46-63(73(58-24-14-7-15-25-58)59-26-16-8-17-27-59)40-44-65(50)54-34-42-67-68-43-35-55(49-70(68)71(3,4)69(67)48-54)66-45-41-64(47-51(66)2)74(60-28-18-9-19-29-60)62-38-32-53(33-39-62)52-30-36-61(37-31-52)72(56-20-10-5-11-21-56)57-22-12-6-13-23-57/h5-49H,1-4H3. The third-order valence-electron chi connectivity index (χ3n) is 14.9. The van der Waals surface area contributed by atoms with Crippen LogP contribution in [-0.4, -0.2) is 0 Å². The molecule has 1 aliphatic rings. The number of nitrogens with zero attached hydrogens (tertiary/aromatic N) is 3. The van der Waals surface area contributed by atoms with E-state index >= 15 is 0 Å². The molecule has 11 aromatic carbocycles. The van der Waals surface area contributed by atoms with Crippen LogP contribution in [0, 0.1) is 13.8 Å². The number of rotatable bonds is 12. The molecular weight excluding hydrogens is 895 g/mol. The molecule has 74 heavy (non-hydrogen) atoms. The maximum absolute atomic E-state index is 2.44. The zero-order chi connectivity index (χ0) is 50.2. The highest BCUT2D eigenvalue weighted by molar-refractivity contribution is 5.89. The monoisotopic (exact) mass is 951 g/mol. The van der Waals surface area contributed by atoms with E-state index in [1.165, 1.54) is 66.8 Å². The van der Waals surface area contributed by atoms with E-state index in [1.807, 2.05) is 0 Å². The van der Waals surface area contributed by atoms with E-state index in [2.05, 4.69) is 315 Å². The molecule has 1 aliphatic carbocycles. The second-order valence-electron chi connectivity index (χ2n) is 19.9. The Morgan fingerprint density at radius 2 is 0.473 bits per heavy atom. The van der Waals surface area contributed by atoms with Crippen molar-refractivity contribution < 1.29 is 0 Å². The van der Waals surface area contributed by atoms with Crippen LogP contribution in [-0.2, 0) is 5.41 Å². The smallest absolute Gasteiger partial charge is 0.0464 e. The predicted octanol–water partition coefficient (Wildman–Crippen LogP) is 20.0. The van der Waals surface area contributed by atoms with E-state index in [-0.39, 0.29) is 5.41 Å². The summed E-state index contributed by atoms with van der Waals surface area (Å²) >= 11 is 0. The van der Waals surface area contributed by atoms with E-state index in [9.17, 15) is 0 Å². The molecule has 3 nitrogen and oxygen atoms in total. The fourth-order valence-corrected chi connectivity index (χ4v) is 11.1. The third kappa shape index (κ3) is 8.63. The molecule has 0 spiro atoms. The summed E-state index contributed by atoms with van der Waals surface area (Å²) in [4.78, 5) is 6.99. The van der Waals surface area contributed by atoms with Crippen LogP contribution in [0.2, 0.25) is 0 Å². The maximum atomic E-state index is 2.44. The van der Waals surface area contributed by atoms with Gasteiger partial charge in [-0.05, 0) is 202 Å². The lowest BCUT2D eigenvalue weighted by atomic mass is 9.80. The molecule has 0 bridgehead atoms. The summed E-state index contributed by atoms with van der Waals surface area (Å²) in [5.41, 5.74) is 25.1. The molecule has 0 saturated heterocycles. The highest BCUT2D eigenvalue weighted by atomic mass is 15.2. The van der Waals surface area contributed by atoms with Gasteiger partial charge in [-0.1, -0.05) is 166 Å². The molecule has 0 radical (unpaired) electrons. The van der Waals surface area contributed by atoms with Gasteiger partial charge in [0.05, 0.1) is 0 Å². The minimum Gasteiger partial charge on any atom is -0.311 e. The summed E-state index contributed by atoms with van der Waals surface area (Å²) in [5, 5.41) is 0. The van der Waals surface area contributed by atoms with Gasteiger partial charge < -0.3 is 14.7 Å². The summed E-state index contributed by atoms with van der Waals surface area (Å²) in [5.74, 6) is 0. The largest absolute Gasteiger partial charge is 0.311 e. The molecule has 0 N–H and O–H groups in total. The first-order chi connectivity index (χ1) is 36.3. The summed E-state index contributed by atoms with van der Waals surface area (Å²) in [6.07, 6.45) is 0. The van der Waals surface area contributed by atoms with Crippen molar-refractivity contribution in [2.24, 2.45) is 0 Å². The van der Waals surface area contributed by atoms with Crippen molar-refractivity contribution in [3.63, 3.8) is 0 Å². The zero-order valence-electron chi connectivity index (χ0n) is 42.3. The quantitative estimate of drug-likeness (QED) is 0.121. The zero-order valence-corrected chi connectivity index (χ0v) is 42.3. The van der Waals surface area contributed by atoms with Gasteiger partial charge in [0.15, 0.2) is 0 Å². The van der Waals surface area contributed by atoms with Crippen LogP contribution in [0.15, 0.2) is 273 Å². The van der Waals surface area contributed by atoms with Crippen molar-refractivity contribution in [2.45, 2.75) is 33.1 Å². The second-order valence-corrected chi connectivity index (χ2v) is 19.9. The molecule has 0 unspecified atom stereocenters. The molecule has 0 heterocycles. The van der Waals surface area contributed by atoms with Crippen molar-refractivity contribution >= 4 is 51.2 Å². The topological polar surface area (TPSA) is 9.72 Å². The molecule has 0 amide bonds. The normalized spacial score (nSPS) is 12.2. The molecule has 356 valence electrons. The van der Waals surface area contributed by atoms with Gasteiger partial charge in [-0.3, -0.25) is 0 Å². The molecule has 0 aliphatic heterocycles. The fourth-order valence-electron chi connectivity index (χ4n) is 11.1. The van der Waals surface area contributed by atoms with Gasteiger partial charge in [0.25, 0.3) is 0 Å². The van der Waals surface area contributed by atoms with Crippen molar-refractivity contribution in [2.75, 3.05) is 14.7 Å². The summed E-state index contributed by atoms with van der Waals surface area (Å²) in [6, 6.07) is 98.9. The molecule has 0 aromatic heterocycles. The highest BCUT2D eigenvalue weighted by Crippen LogP contribution is 2.51. The lowest BCUT2D eigenvalue weighted by molar-refractivity contribution is 0.661. The molecule has 0 atom stereocenters. The Kier molecular flexibility index (Phi) is 12.1. The number of hydrogen-bond donors (Lipinski definition) is 0. The van der Waals surface area contributed by atoms with E-state index in [4.69, 9.17) is 0 Å². The number of fused-ring (bicyclic) bond motifs is 3. The SMILES string of the molecule is Cc1cc(N(c2ccccc2)c2ccccc2)ccc1-c1ccc2c(c1)C(C)(C)c1cc(-c3ccc(N(c4ccccc4)c4ccc(-c5ccc(N(c6ccccc6)c6ccccc6)cc5)cc4)cc3C)ccc1-2. The van der Waals surface area contributed by atoms with Gasteiger partial charge in [-0.2, -0.15) is 0 Å². The Balaban J connectivity index is 0.809. The van der Waals surface area contributed by atoms with Gasteiger partial charge >= 0.3 is 0 Å². The number of benzene rings is 11. The Hall–Kier alpha value is -9.18. The maximum Gasteiger partial charge on any atom is 0.0464 e. The van der Waals surface area contributed by atoms with Crippen LogP contribution in [0.3, 0.4) is 0 Å². The van der Waals surface area contributed by atoms with E-state index in [0.29, 0.717) is 0 Å². The van der Waals surface area contributed by atoms with Crippen LogP contribution >= 0.6 is 0 Å². The molecule has 3 heteroatoms. The number of para-hydroxylation sites is 5. The van der Waals surface area contributed by atoms with Crippen LogP contribution < -0.4 is 14.7 Å². The Morgan fingerprint density at radius 1 is 0.230 bits per heavy atom. The van der Waals surface area contributed by atoms with Crippen LogP contribution in [0.5, 0.6) is 0 Å². The average Bonchev–Trinajstić information content (AvgIpc) is 3.67. The summed E-state index contributed by atoms with van der Waals surface area (Å²) < 4.78 is 0. The van der Waals surface area contributed by atoms with Crippen molar-refractivity contribution in [3.8, 4) is 44.5 Å². The van der Waals surface area contributed by atoms with Gasteiger partial charge in [0, 0.05) is 56.6 Å². The van der Waals surface area contributed by atoms with Gasteiger partial charge in [0.1, 0.15) is 0 Å². The molecule has 0 fully saturated rings. The van der Waals surface area contributed by atoms with Gasteiger partial charge in [-0.25, -0.2) is 0 Å². The van der Waals surface area contributed by atoms with E-state index < -0.39 is 0 Å². The van der Waals surface area contributed by atoms with Crippen LogP contribution in [0.1, 0.15) is 36.1 Å². The highest BCUT2D eigenvalue weighted by Gasteiger charge is 2.36. The minimum absolute atomic E-state index is 0.182. The lowest BCUT2D eigenvalue weighted by Gasteiger charge is -2.27. The number of anilines is 9. The minimum atomic E-state index is -0.182. The average molecular weight is 952 g/mol. The lowest BCUT2D eigenvalue weighted by Crippen LogP contribution is -2.15. The molecule has 12 rings (SSSR count). The van der Waals surface area contributed by atoms with Crippen molar-refractivity contribution in [1.29, 1.82) is 0 Å². The summed E-state index contributed by atoms with van der Waals surface area (Å²) in [6.45, 7) is 9.26. The predicted molar refractivity (Wildman–Crippen MR) is 314 cm³/mol. The van der Waals surface area contributed by atoms with Gasteiger partial charge in [-0.15, -0.1) is 0 Å². The number of hydrogen-bond acceptors (Lipinski definition) is 3. The summed E-state index contributed by atoms with van der Waals surface area (Å²) in [7, 11) is 0. The van der Waals surface area contributed by atoms with E-state index in [0.717, 1.165) is 51.2 Å². The van der Waals surface area contributed by atoms with Crippen LogP contribution in [0.4, 0.5) is 51.2 Å². The third-order valence-corrected chi connectivity index (χ3v) is 14.9. The second kappa shape index (κ2) is 19.4. The number of aryl methyl sites for hydroxylation is 2. The molecular formula is C71H57N3. The Morgan fingerprint density at radius 3 is 0.770 bits per heavy atom. The first-order valence-electron chi connectivity index (χ1n) is 25.7. The van der Waals surface area contributed by atoms with Crippen LogP contribution in [0.25, 0.3) is 44.5 Å². The Labute approximate surface area is 436 Å². The van der Waals surface area contributed by atoms with Crippen molar-refractivity contribution in [3.05, 3.63) is 295 Å². The van der Waals surface area contributed by atoms with Gasteiger partial charge in [0.2, 0.25) is 0 Å². The van der Waals surface area contributed by atoms with E-state index in [1.54, 1.807) is 0 Å². The fraction of sp³-hybridized carbons (Fsp3) is 0.0704. The first-order valence-corrected chi connectivity index (χ1v) is 25.7. The first kappa shape index (κ1) is 45.9. The Bertz CT molecular complexity index is 3660. The van der Waals surface area contributed by atoms with Crippen molar-refractivity contribution in [1.82, 2.24) is 0 Å².